The van der Waals surface area contributed by atoms with Crippen LogP contribution < -0.4 is 0 Å². The van der Waals surface area contributed by atoms with Crippen molar-refractivity contribution in [3.63, 3.8) is 0 Å². The zero-order valence-corrected chi connectivity index (χ0v) is 30.7. The van der Waals surface area contributed by atoms with E-state index in [1.807, 2.05) is 6.92 Å². The summed E-state index contributed by atoms with van der Waals surface area (Å²) in [6.07, 6.45) is -3.34. The molecule has 0 aliphatic carbocycles. The average molecular weight is 654 g/mol. The van der Waals surface area contributed by atoms with Crippen molar-refractivity contribution in [2.24, 2.45) is 35.5 Å². The van der Waals surface area contributed by atoms with Crippen LogP contribution in [0.5, 0.6) is 0 Å². The minimum absolute atomic E-state index is 0.431. The third kappa shape index (κ3) is 9.44. The third-order valence-corrected chi connectivity index (χ3v) is 8.74. The average Bonchev–Trinajstić information content (AvgIpc) is 2.94. The van der Waals surface area contributed by atoms with E-state index in [-0.39, 0.29) is 0 Å². The van der Waals surface area contributed by atoms with Crippen molar-refractivity contribution in [3.05, 3.63) is 0 Å². The highest BCUT2D eigenvalue weighted by Crippen LogP contribution is 2.25. The standard InChI is InChI=1S/C34H59N3O9/c1-16-22(12)28-31(40)37(15)24(18(4)5)33(42)45-26(20(8)9)29(38)35(13)23(17(2)3)32(41)44-27(21(10)11)30(39)36(14)25(19(6)7)34(43)46-28/h17-28H,16H2,1-15H3/t22-,23-,24-,25-,26+,27+,28+/m0/s1. The second kappa shape index (κ2) is 17.1. The van der Waals surface area contributed by atoms with Crippen LogP contribution in [0.3, 0.4) is 0 Å². The van der Waals surface area contributed by atoms with Gasteiger partial charge in [0, 0.05) is 27.1 Å². The summed E-state index contributed by atoms with van der Waals surface area (Å²) in [6.45, 7) is 20.9. The Kier molecular flexibility index (Phi) is 15.2. The van der Waals surface area contributed by atoms with Gasteiger partial charge in [-0.25, -0.2) is 14.4 Å². The molecule has 0 aromatic rings. The number of cyclic esters (lactones) is 3. The Morgan fingerprint density at radius 1 is 0.457 bits per heavy atom. The molecule has 264 valence electrons. The number of carbonyl (C=O) groups is 6. The Hall–Kier alpha value is -3.18. The Morgan fingerprint density at radius 3 is 0.913 bits per heavy atom. The molecule has 1 aliphatic heterocycles. The second-order valence-corrected chi connectivity index (χ2v) is 14.4. The number of hydrogen-bond acceptors (Lipinski definition) is 9. The molecule has 0 spiro atoms. The van der Waals surface area contributed by atoms with Gasteiger partial charge in [0.2, 0.25) is 0 Å². The smallest absolute Gasteiger partial charge is 0.329 e. The fourth-order valence-corrected chi connectivity index (χ4v) is 5.80. The Bertz CT molecular complexity index is 1090. The molecule has 0 saturated carbocycles. The van der Waals surface area contributed by atoms with Gasteiger partial charge in [-0.1, -0.05) is 83.1 Å². The summed E-state index contributed by atoms with van der Waals surface area (Å²) < 4.78 is 17.6. The summed E-state index contributed by atoms with van der Waals surface area (Å²) in [6, 6.07) is -3.34. The van der Waals surface area contributed by atoms with Crippen molar-refractivity contribution in [3.8, 4) is 0 Å². The molecule has 0 bridgehead atoms. The Labute approximate surface area is 275 Å². The van der Waals surface area contributed by atoms with Gasteiger partial charge in [0.1, 0.15) is 18.1 Å². The summed E-state index contributed by atoms with van der Waals surface area (Å²) >= 11 is 0. The molecular formula is C34H59N3O9. The van der Waals surface area contributed by atoms with E-state index in [9.17, 15) is 28.8 Å². The number of ether oxygens (including phenoxy) is 3. The third-order valence-electron chi connectivity index (χ3n) is 8.74. The minimum atomic E-state index is -1.28. The topological polar surface area (TPSA) is 140 Å². The van der Waals surface area contributed by atoms with Gasteiger partial charge in [0.25, 0.3) is 17.7 Å². The van der Waals surface area contributed by atoms with Crippen LogP contribution >= 0.6 is 0 Å². The highest BCUT2D eigenvalue weighted by Gasteiger charge is 2.45. The van der Waals surface area contributed by atoms with Crippen LogP contribution in [-0.2, 0) is 43.0 Å². The van der Waals surface area contributed by atoms with Gasteiger partial charge < -0.3 is 28.9 Å². The predicted octanol–water partition coefficient (Wildman–Crippen LogP) is 3.54. The molecule has 12 nitrogen and oxygen atoms in total. The number of carbonyl (C=O) groups excluding carboxylic acids is 6. The molecule has 1 rings (SSSR count). The van der Waals surface area contributed by atoms with Gasteiger partial charge in [-0.2, -0.15) is 0 Å². The first-order valence-corrected chi connectivity index (χ1v) is 16.5. The first-order valence-electron chi connectivity index (χ1n) is 16.5. The van der Waals surface area contributed by atoms with Crippen molar-refractivity contribution >= 4 is 35.6 Å². The number of hydrogen-bond donors (Lipinski definition) is 0. The molecule has 7 atom stereocenters. The minimum Gasteiger partial charge on any atom is -0.450 e. The van der Waals surface area contributed by atoms with Crippen molar-refractivity contribution in [1.82, 2.24) is 14.7 Å². The van der Waals surface area contributed by atoms with Gasteiger partial charge >= 0.3 is 17.9 Å². The van der Waals surface area contributed by atoms with Crippen molar-refractivity contribution in [2.75, 3.05) is 21.1 Å². The quantitative estimate of drug-likeness (QED) is 0.298. The zero-order valence-electron chi connectivity index (χ0n) is 30.7. The maximum absolute atomic E-state index is 14.0. The molecule has 0 unspecified atom stereocenters. The summed E-state index contributed by atoms with van der Waals surface area (Å²) in [5.74, 6) is -6.92. The van der Waals surface area contributed by atoms with E-state index >= 15 is 0 Å². The van der Waals surface area contributed by atoms with E-state index in [0.29, 0.717) is 6.42 Å². The van der Waals surface area contributed by atoms with Gasteiger partial charge in [-0.15, -0.1) is 0 Å². The fraction of sp³-hybridized carbons (Fsp3) is 0.824. The molecule has 1 heterocycles. The van der Waals surface area contributed by atoms with E-state index in [1.54, 1.807) is 76.2 Å². The van der Waals surface area contributed by atoms with Gasteiger partial charge in [-0.05, 0) is 36.0 Å². The largest absolute Gasteiger partial charge is 0.450 e. The maximum Gasteiger partial charge on any atom is 0.329 e. The molecule has 1 saturated heterocycles. The lowest BCUT2D eigenvalue weighted by atomic mass is 9.96. The number of esters is 3. The van der Waals surface area contributed by atoms with E-state index in [4.69, 9.17) is 14.2 Å². The molecule has 46 heavy (non-hydrogen) atoms. The molecule has 12 heteroatoms. The lowest BCUT2D eigenvalue weighted by Crippen LogP contribution is -2.58. The zero-order chi connectivity index (χ0) is 36.0. The molecule has 1 aliphatic rings. The maximum atomic E-state index is 14.0. The molecule has 0 aromatic heterocycles. The molecule has 1 fully saturated rings. The lowest BCUT2D eigenvalue weighted by Gasteiger charge is -2.38. The van der Waals surface area contributed by atoms with Crippen molar-refractivity contribution < 1.29 is 43.0 Å². The highest BCUT2D eigenvalue weighted by molar-refractivity contribution is 5.94. The summed E-state index contributed by atoms with van der Waals surface area (Å²) in [5.41, 5.74) is 0. The summed E-state index contributed by atoms with van der Waals surface area (Å²) in [5, 5.41) is 0. The van der Waals surface area contributed by atoms with E-state index in [2.05, 4.69) is 0 Å². The monoisotopic (exact) mass is 653 g/mol. The number of nitrogens with zero attached hydrogens (tertiary/aromatic N) is 3. The van der Waals surface area contributed by atoms with Crippen LogP contribution in [0.25, 0.3) is 0 Å². The number of amides is 3. The molecule has 0 N–H and O–H groups in total. The summed E-state index contributed by atoms with van der Waals surface area (Å²) in [4.78, 5) is 86.8. The van der Waals surface area contributed by atoms with Crippen LogP contribution in [0.2, 0.25) is 0 Å². The van der Waals surface area contributed by atoms with Gasteiger partial charge in [-0.3, -0.25) is 14.4 Å². The first-order chi connectivity index (χ1) is 21.1. The lowest BCUT2D eigenvalue weighted by molar-refractivity contribution is -0.181. The van der Waals surface area contributed by atoms with Crippen LogP contribution in [0.15, 0.2) is 0 Å². The van der Waals surface area contributed by atoms with Crippen LogP contribution in [0, 0.1) is 35.5 Å². The van der Waals surface area contributed by atoms with Gasteiger partial charge in [0.05, 0.1) is 0 Å². The Balaban J connectivity index is 3.97. The summed E-state index contributed by atoms with van der Waals surface area (Å²) in [7, 11) is 4.32. The second-order valence-electron chi connectivity index (χ2n) is 14.4. The van der Waals surface area contributed by atoms with Gasteiger partial charge in [0.15, 0.2) is 18.3 Å². The van der Waals surface area contributed by atoms with Crippen LogP contribution in [-0.4, -0.2) is 108 Å². The SMILES string of the molecule is CC[C@H](C)[C@H]1OC(=O)[C@H](C(C)C)N(C)C(=O)[C@@H](C(C)C)OC(=O)[C@H](C(C)C)N(C)C(=O)[C@@H](C(C)C)OC(=O)[C@H](C(C)C)N(C)C1=O. The van der Waals surface area contributed by atoms with Crippen LogP contribution in [0.4, 0.5) is 0 Å². The van der Waals surface area contributed by atoms with Crippen molar-refractivity contribution in [1.29, 1.82) is 0 Å². The Morgan fingerprint density at radius 2 is 0.696 bits per heavy atom. The van der Waals surface area contributed by atoms with Crippen molar-refractivity contribution in [2.45, 2.75) is 126 Å². The number of rotatable bonds is 7. The van der Waals surface area contributed by atoms with Crippen LogP contribution in [0.1, 0.15) is 89.5 Å². The van der Waals surface area contributed by atoms with E-state index in [0.717, 1.165) is 0 Å². The predicted molar refractivity (Wildman–Crippen MR) is 173 cm³/mol. The molecule has 3 amide bonds. The normalized spacial score (nSPS) is 27.8. The molecule has 0 radical (unpaired) electrons. The van der Waals surface area contributed by atoms with E-state index < -0.39 is 108 Å². The molecule has 0 aromatic carbocycles. The fourth-order valence-electron chi connectivity index (χ4n) is 5.80. The van der Waals surface area contributed by atoms with E-state index in [1.165, 1.54) is 35.8 Å². The number of likely N-dealkylation sites (N-methyl/N-ethyl adjacent to an activating group) is 3. The first kappa shape index (κ1) is 40.8. The molecular weight excluding hydrogens is 594 g/mol. The highest BCUT2D eigenvalue weighted by atomic mass is 16.6.